The Kier molecular flexibility index (Phi) is 3.45. The fourth-order valence-electron chi connectivity index (χ4n) is 2.41. The summed E-state index contributed by atoms with van der Waals surface area (Å²) in [6.45, 7) is 9.09. The van der Waals surface area contributed by atoms with E-state index in [2.05, 4.69) is 48.8 Å². The molecule has 1 atom stereocenters. The predicted octanol–water partition coefficient (Wildman–Crippen LogP) is 3.84. The van der Waals surface area contributed by atoms with E-state index in [0.717, 1.165) is 5.95 Å². The van der Waals surface area contributed by atoms with Crippen LogP contribution in [0.5, 0.6) is 0 Å². The smallest absolute Gasteiger partial charge is 0.203 e. The van der Waals surface area contributed by atoms with Crippen LogP contribution in [0.15, 0.2) is 12.4 Å². The largest absolute Gasteiger partial charge is 0.353 e. The van der Waals surface area contributed by atoms with Crippen molar-refractivity contribution in [3.05, 3.63) is 12.4 Å². The van der Waals surface area contributed by atoms with Crippen molar-refractivity contribution in [3.63, 3.8) is 0 Å². The highest BCUT2D eigenvalue weighted by atomic mass is 15.2. The molecule has 0 aliphatic heterocycles. The van der Waals surface area contributed by atoms with Crippen LogP contribution in [0.1, 0.15) is 59.4 Å². The Morgan fingerprint density at radius 3 is 2.59 bits per heavy atom. The second-order valence-corrected chi connectivity index (χ2v) is 6.33. The number of nitrogens with one attached hydrogen (secondary N) is 1. The summed E-state index contributed by atoms with van der Waals surface area (Å²) in [4.78, 5) is 4.47. The predicted molar refractivity (Wildman–Crippen MR) is 72.3 cm³/mol. The van der Waals surface area contributed by atoms with Crippen LogP contribution < -0.4 is 5.32 Å². The van der Waals surface area contributed by atoms with E-state index in [9.17, 15) is 0 Å². The summed E-state index contributed by atoms with van der Waals surface area (Å²) >= 11 is 0. The van der Waals surface area contributed by atoms with Crippen LogP contribution in [0, 0.1) is 5.41 Å². The van der Waals surface area contributed by atoms with Gasteiger partial charge in [0.05, 0.1) is 0 Å². The van der Waals surface area contributed by atoms with Crippen molar-refractivity contribution >= 4 is 5.95 Å². The summed E-state index contributed by atoms with van der Waals surface area (Å²) in [6.07, 6.45) is 9.28. The molecular formula is C14H25N3. The van der Waals surface area contributed by atoms with E-state index >= 15 is 0 Å². The van der Waals surface area contributed by atoms with E-state index < -0.39 is 0 Å². The molecule has 1 unspecified atom stereocenters. The molecule has 1 N–H and O–H groups in total. The van der Waals surface area contributed by atoms with Crippen molar-refractivity contribution in [1.82, 2.24) is 9.55 Å². The van der Waals surface area contributed by atoms with Gasteiger partial charge in [0.25, 0.3) is 0 Å². The highest BCUT2D eigenvalue weighted by Crippen LogP contribution is 2.32. The lowest BCUT2D eigenvalue weighted by atomic mass is 9.88. The van der Waals surface area contributed by atoms with Crippen LogP contribution in [0.4, 0.5) is 5.95 Å². The molecule has 3 heteroatoms. The van der Waals surface area contributed by atoms with Crippen LogP contribution >= 0.6 is 0 Å². The highest BCUT2D eigenvalue weighted by molar-refractivity contribution is 5.29. The Hall–Kier alpha value is -0.990. The van der Waals surface area contributed by atoms with E-state index in [4.69, 9.17) is 0 Å². The summed E-state index contributed by atoms with van der Waals surface area (Å²) in [5.74, 6) is 1.04. The lowest BCUT2D eigenvalue weighted by Crippen LogP contribution is -2.25. The molecule has 1 fully saturated rings. The molecular weight excluding hydrogens is 210 g/mol. The number of imidazole rings is 1. The van der Waals surface area contributed by atoms with Gasteiger partial charge < -0.3 is 9.88 Å². The summed E-state index contributed by atoms with van der Waals surface area (Å²) in [6, 6.07) is 1.08. The number of hydrogen-bond donors (Lipinski definition) is 1. The zero-order chi connectivity index (χ0) is 12.5. The number of nitrogens with zero attached hydrogens (tertiary/aromatic N) is 2. The van der Waals surface area contributed by atoms with E-state index in [1.807, 2.05) is 6.20 Å². The van der Waals surface area contributed by atoms with Crippen molar-refractivity contribution in [1.29, 1.82) is 0 Å². The molecule has 0 saturated heterocycles. The van der Waals surface area contributed by atoms with Crippen molar-refractivity contribution in [3.8, 4) is 0 Å². The Labute approximate surface area is 105 Å². The summed E-state index contributed by atoms with van der Waals surface area (Å²) < 4.78 is 2.28. The average Bonchev–Trinajstić information content (AvgIpc) is 2.87. The Morgan fingerprint density at radius 1 is 1.35 bits per heavy atom. The van der Waals surface area contributed by atoms with Gasteiger partial charge in [-0.25, -0.2) is 4.98 Å². The summed E-state index contributed by atoms with van der Waals surface area (Å²) in [5.41, 5.74) is 0.257. The van der Waals surface area contributed by atoms with E-state index in [-0.39, 0.29) is 5.41 Å². The van der Waals surface area contributed by atoms with Gasteiger partial charge in [0.1, 0.15) is 0 Å². The molecule has 1 heterocycles. The van der Waals surface area contributed by atoms with Crippen molar-refractivity contribution in [2.24, 2.45) is 5.41 Å². The van der Waals surface area contributed by atoms with Gasteiger partial charge >= 0.3 is 0 Å². The third-order valence-electron chi connectivity index (χ3n) is 4.03. The minimum absolute atomic E-state index is 0.257. The average molecular weight is 235 g/mol. The highest BCUT2D eigenvalue weighted by Gasteiger charge is 2.24. The number of hydrogen-bond acceptors (Lipinski definition) is 2. The van der Waals surface area contributed by atoms with Crippen LogP contribution in [0.25, 0.3) is 0 Å². The number of anilines is 1. The summed E-state index contributed by atoms with van der Waals surface area (Å²) in [5, 5.41) is 3.59. The lowest BCUT2D eigenvalue weighted by molar-refractivity contribution is 0.264. The summed E-state index contributed by atoms with van der Waals surface area (Å²) in [7, 11) is 0. The molecule has 96 valence electrons. The molecule has 1 aromatic heterocycles. The molecule has 0 radical (unpaired) electrons. The first-order valence-electron chi connectivity index (χ1n) is 6.78. The molecule has 1 aliphatic carbocycles. The van der Waals surface area contributed by atoms with Crippen molar-refractivity contribution < 1.29 is 0 Å². The minimum Gasteiger partial charge on any atom is -0.353 e. The quantitative estimate of drug-likeness (QED) is 0.862. The first kappa shape index (κ1) is 12.5. The molecule has 0 amide bonds. The molecule has 2 rings (SSSR count). The van der Waals surface area contributed by atoms with Gasteiger partial charge in [-0.1, -0.05) is 33.6 Å². The zero-order valence-electron chi connectivity index (χ0n) is 11.5. The fourth-order valence-corrected chi connectivity index (χ4v) is 2.41. The van der Waals surface area contributed by atoms with E-state index in [0.29, 0.717) is 12.1 Å². The van der Waals surface area contributed by atoms with E-state index in [1.165, 1.54) is 25.7 Å². The molecule has 1 aliphatic rings. The first-order chi connectivity index (χ1) is 7.98. The molecule has 1 aromatic rings. The Bertz CT molecular complexity index is 356. The van der Waals surface area contributed by atoms with Crippen molar-refractivity contribution in [2.45, 2.75) is 65.5 Å². The number of rotatable bonds is 3. The van der Waals surface area contributed by atoms with Gasteiger partial charge in [-0.2, -0.15) is 0 Å². The van der Waals surface area contributed by atoms with Gasteiger partial charge in [-0.05, 0) is 25.2 Å². The van der Waals surface area contributed by atoms with Gasteiger partial charge in [0.2, 0.25) is 5.95 Å². The zero-order valence-corrected chi connectivity index (χ0v) is 11.5. The van der Waals surface area contributed by atoms with Crippen LogP contribution in [-0.2, 0) is 0 Å². The second kappa shape index (κ2) is 4.71. The Morgan fingerprint density at radius 2 is 2.00 bits per heavy atom. The van der Waals surface area contributed by atoms with Crippen molar-refractivity contribution in [2.75, 3.05) is 5.32 Å². The first-order valence-corrected chi connectivity index (χ1v) is 6.78. The molecule has 1 saturated carbocycles. The molecule has 0 aromatic carbocycles. The van der Waals surface area contributed by atoms with E-state index in [1.54, 1.807) is 0 Å². The topological polar surface area (TPSA) is 29.9 Å². The normalized spacial score (nSPS) is 19.5. The monoisotopic (exact) mass is 235 g/mol. The Balaban J connectivity index is 2.10. The maximum atomic E-state index is 4.47. The second-order valence-electron chi connectivity index (χ2n) is 6.33. The SMILES string of the molecule is CC(n1ccnc1NC1CCCC1)C(C)(C)C. The van der Waals surface area contributed by atoms with Crippen LogP contribution in [0.2, 0.25) is 0 Å². The molecule has 17 heavy (non-hydrogen) atoms. The van der Waals surface area contributed by atoms with Gasteiger partial charge in [-0.3, -0.25) is 0 Å². The van der Waals surface area contributed by atoms with Crippen LogP contribution in [-0.4, -0.2) is 15.6 Å². The maximum Gasteiger partial charge on any atom is 0.203 e. The van der Waals surface area contributed by atoms with Gasteiger partial charge in [0, 0.05) is 24.5 Å². The van der Waals surface area contributed by atoms with Gasteiger partial charge in [0.15, 0.2) is 0 Å². The van der Waals surface area contributed by atoms with Gasteiger partial charge in [-0.15, -0.1) is 0 Å². The number of aromatic nitrogens is 2. The third-order valence-corrected chi connectivity index (χ3v) is 4.03. The molecule has 0 bridgehead atoms. The standard InChI is InChI=1S/C14H25N3/c1-11(14(2,3)4)17-10-9-15-13(17)16-12-7-5-6-8-12/h9-12H,5-8H2,1-4H3,(H,15,16). The minimum atomic E-state index is 0.257. The third kappa shape index (κ3) is 2.82. The van der Waals surface area contributed by atoms with Crippen LogP contribution in [0.3, 0.4) is 0 Å². The maximum absolute atomic E-state index is 4.47. The molecule has 0 spiro atoms. The molecule has 3 nitrogen and oxygen atoms in total. The lowest BCUT2D eigenvalue weighted by Gasteiger charge is -2.30. The fraction of sp³-hybridized carbons (Fsp3) is 0.786.